The number of allylic oxidation sites excluding steroid dienone is 1. The highest BCUT2D eigenvalue weighted by molar-refractivity contribution is 6.14. The predicted molar refractivity (Wildman–Crippen MR) is 94.7 cm³/mol. The first-order chi connectivity index (χ1) is 12.5. The molecule has 134 valence electrons. The molecule has 1 amide bonds. The summed E-state index contributed by atoms with van der Waals surface area (Å²) in [7, 11) is 0. The van der Waals surface area contributed by atoms with Crippen LogP contribution in [-0.4, -0.2) is 29.9 Å². The quantitative estimate of drug-likeness (QED) is 0.768. The minimum Gasteiger partial charge on any atom is -0.452 e. The van der Waals surface area contributed by atoms with Gasteiger partial charge in [0.05, 0.1) is 5.56 Å². The Morgan fingerprint density at radius 2 is 1.92 bits per heavy atom. The van der Waals surface area contributed by atoms with Crippen molar-refractivity contribution in [2.75, 3.05) is 13.1 Å². The number of rotatable bonds is 4. The van der Waals surface area contributed by atoms with Crippen LogP contribution in [0.25, 0.3) is 6.08 Å². The summed E-state index contributed by atoms with van der Waals surface area (Å²) < 4.78 is 24.6. The Morgan fingerprint density at radius 3 is 2.62 bits per heavy atom. The van der Waals surface area contributed by atoms with Crippen LogP contribution in [0.4, 0.5) is 9.18 Å². The van der Waals surface area contributed by atoms with Gasteiger partial charge in [-0.25, -0.2) is 9.18 Å². The summed E-state index contributed by atoms with van der Waals surface area (Å²) in [5, 5.41) is 0. The molecular formula is C20H18FNO4. The lowest BCUT2D eigenvalue weighted by molar-refractivity contribution is 0.101. The monoisotopic (exact) mass is 355 g/mol. The van der Waals surface area contributed by atoms with Crippen LogP contribution in [0.5, 0.6) is 11.5 Å². The van der Waals surface area contributed by atoms with E-state index in [1.807, 2.05) is 13.8 Å². The van der Waals surface area contributed by atoms with Crippen molar-refractivity contribution in [1.29, 1.82) is 0 Å². The highest BCUT2D eigenvalue weighted by Gasteiger charge is 2.28. The first-order valence-corrected chi connectivity index (χ1v) is 8.33. The van der Waals surface area contributed by atoms with E-state index in [9.17, 15) is 14.0 Å². The Morgan fingerprint density at radius 1 is 1.19 bits per heavy atom. The van der Waals surface area contributed by atoms with Gasteiger partial charge in [0.2, 0.25) is 5.78 Å². The third-order valence-electron chi connectivity index (χ3n) is 4.06. The van der Waals surface area contributed by atoms with Gasteiger partial charge in [-0.05, 0) is 38.1 Å². The largest absolute Gasteiger partial charge is 0.452 e. The normalized spacial score (nSPS) is 14.1. The average molecular weight is 355 g/mol. The molecule has 0 fully saturated rings. The lowest BCUT2D eigenvalue weighted by Crippen LogP contribution is -2.33. The molecule has 0 aromatic heterocycles. The Hall–Kier alpha value is -3.15. The second kappa shape index (κ2) is 7.39. The maximum Gasteiger partial charge on any atom is 0.415 e. The second-order valence-electron chi connectivity index (χ2n) is 5.66. The van der Waals surface area contributed by atoms with Gasteiger partial charge in [0.15, 0.2) is 5.76 Å². The lowest BCUT2D eigenvalue weighted by Gasteiger charge is -2.17. The van der Waals surface area contributed by atoms with Gasteiger partial charge in [0.1, 0.15) is 17.3 Å². The van der Waals surface area contributed by atoms with E-state index >= 15 is 0 Å². The van der Waals surface area contributed by atoms with Crippen LogP contribution in [0.3, 0.4) is 0 Å². The summed E-state index contributed by atoms with van der Waals surface area (Å²) in [5.41, 5.74) is 0.604. The van der Waals surface area contributed by atoms with Gasteiger partial charge in [-0.3, -0.25) is 4.79 Å². The number of fused-ring (bicyclic) bond motifs is 1. The fraction of sp³-hybridized carbons (Fsp3) is 0.200. The highest BCUT2D eigenvalue weighted by Crippen LogP contribution is 2.35. The van der Waals surface area contributed by atoms with Crippen LogP contribution in [0.2, 0.25) is 0 Å². The summed E-state index contributed by atoms with van der Waals surface area (Å²) in [6, 6.07) is 10.7. The van der Waals surface area contributed by atoms with Gasteiger partial charge in [0, 0.05) is 24.7 Å². The van der Waals surface area contributed by atoms with Crippen molar-refractivity contribution >= 4 is 18.0 Å². The van der Waals surface area contributed by atoms with Gasteiger partial charge in [0.25, 0.3) is 0 Å². The van der Waals surface area contributed by atoms with Gasteiger partial charge in [-0.15, -0.1) is 0 Å². The number of Topliss-reactive ketones (excluding diaryl/α,β-unsaturated/α-hetero) is 1. The molecule has 1 heterocycles. The van der Waals surface area contributed by atoms with Crippen LogP contribution >= 0.6 is 0 Å². The summed E-state index contributed by atoms with van der Waals surface area (Å²) >= 11 is 0. The number of ether oxygens (including phenoxy) is 2. The fourth-order valence-electron chi connectivity index (χ4n) is 2.61. The van der Waals surface area contributed by atoms with Gasteiger partial charge < -0.3 is 14.4 Å². The van der Waals surface area contributed by atoms with E-state index in [2.05, 4.69) is 0 Å². The number of benzene rings is 2. The standard InChI is InChI=1S/C20H18FNO4/c1-3-22(4-2)20(24)25-14-9-10-15-17(12-14)26-18(19(15)23)11-13-7-5-6-8-16(13)21/h5-12H,3-4H2,1-2H3. The van der Waals surface area contributed by atoms with Gasteiger partial charge in [-0.1, -0.05) is 18.2 Å². The Labute approximate surface area is 150 Å². The van der Waals surface area contributed by atoms with E-state index in [-0.39, 0.29) is 28.6 Å². The number of nitrogens with zero attached hydrogens (tertiary/aromatic N) is 1. The van der Waals surface area contributed by atoms with Crippen molar-refractivity contribution in [3.8, 4) is 11.5 Å². The van der Waals surface area contributed by atoms with Crippen LogP contribution < -0.4 is 9.47 Å². The highest BCUT2D eigenvalue weighted by atomic mass is 19.1. The van der Waals surface area contributed by atoms with E-state index < -0.39 is 11.9 Å². The molecule has 3 rings (SSSR count). The molecule has 0 N–H and O–H groups in total. The average Bonchev–Trinajstić information content (AvgIpc) is 2.93. The molecule has 2 aromatic carbocycles. The molecule has 0 radical (unpaired) electrons. The number of ketones is 1. The first-order valence-electron chi connectivity index (χ1n) is 8.33. The van der Waals surface area contributed by atoms with Gasteiger partial charge in [-0.2, -0.15) is 0 Å². The third kappa shape index (κ3) is 3.44. The molecule has 0 atom stereocenters. The van der Waals surface area contributed by atoms with E-state index in [0.717, 1.165) is 0 Å². The van der Waals surface area contributed by atoms with Crippen molar-refractivity contribution in [2.45, 2.75) is 13.8 Å². The molecule has 5 nitrogen and oxygen atoms in total. The molecule has 6 heteroatoms. The van der Waals surface area contributed by atoms with E-state index in [1.165, 1.54) is 35.2 Å². The molecule has 0 saturated carbocycles. The van der Waals surface area contributed by atoms with Crippen molar-refractivity contribution < 1.29 is 23.5 Å². The summed E-state index contributed by atoms with van der Waals surface area (Å²) in [5.74, 6) is -0.202. The molecule has 0 spiro atoms. The molecular weight excluding hydrogens is 337 g/mol. The van der Waals surface area contributed by atoms with Crippen molar-refractivity contribution in [3.63, 3.8) is 0 Å². The van der Waals surface area contributed by atoms with Crippen LogP contribution in [-0.2, 0) is 0 Å². The molecule has 26 heavy (non-hydrogen) atoms. The molecule has 1 aliphatic rings. The fourth-order valence-corrected chi connectivity index (χ4v) is 2.61. The van der Waals surface area contributed by atoms with Crippen molar-refractivity contribution in [3.05, 3.63) is 65.2 Å². The molecule has 0 bridgehead atoms. The molecule has 0 unspecified atom stereocenters. The second-order valence-corrected chi connectivity index (χ2v) is 5.66. The van der Waals surface area contributed by atoms with Crippen LogP contribution in [0.15, 0.2) is 48.2 Å². The summed E-state index contributed by atoms with van der Waals surface area (Å²) in [4.78, 5) is 26.0. The minimum absolute atomic E-state index is 0.0253. The maximum atomic E-state index is 13.8. The minimum atomic E-state index is -0.471. The topological polar surface area (TPSA) is 55.8 Å². The maximum absolute atomic E-state index is 13.8. The third-order valence-corrected chi connectivity index (χ3v) is 4.06. The Bertz CT molecular complexity index is 887. The zero-order valence-electron chi connectivity index (χ0n) is 14.5. The van der Waals surface area contributed by atoms with Crippen LogP contribution in [0.1, 0.15) is 29.8 Å². The van der Waals surface area contributed by atoms with Crippen molar-refractivity contribution in [2.24, 2.45) is 0 Å². The number of amides is 1. The molecule has 1 aliphatic heterocycles. The molecule has 2 aromatic rings. The predicted octanol–water partition coefficient (Wildman–Crippen LogP) is 4.28. The number of carbonyl (C=O) groups excluding carboxylic acids is 2. The summed E-state index contributed by atoms with van der Waals surface area (Å²) in [6.45, 7) is 4.78. The first kappa shape index (κ1) is 17.7. The number of carbonyl (C=O) groups is 2. The summed E-state index contributed by atoms with van der Waals surface area (Å²) in [6.07, 6.45) is 0.889. The smallest absolute Gasteiger partial charge is 0.415 e. The van der Waals surface area contributed by atoms with E-state index in [1.54, 1.807) is 18.2 Å². The number of hydrogen-bond donors (Lipinski definition) is 0. The molecule has 0 saturated heterocycles. The van der Waals surface area contributed by atoms with E-state index in [0.29, 0.717) is 18.7 Å². The zero-order valence-corrected chi connectivity index (χ0v) is 14.5. The molecule has 0 aliphatic carbocycles. The SMILES string of the molecule is CCN(CC)C(=O)Oc1ccc2c(c1)OC(=Cc1ccccc1F)C2=O. The van der Waals surface area contributed by atoms with Crippen molar-refractivity contribution in [1.82, 2.24) is 4.90 Å². The van der Waals surface area contributed by atoms with Gasteiger partial charge >= 0.3 is 6.09 Å². The zero-order chi connectivity index (χ0) is 18.7. The lowest BCUT2D eigenvalue weighted by atomic mass is 10.1. The Balaban J connectivity index is 1.82. The van der Waals surface area contributed by atoms with Crippen LogP contribution in [0, 0.1) is 5.82 Å². The Kier molecular flexibility index (Phi) is 5.02. The van der Waals surface area contributed by atoms with E-state index in [4.69, 9.17) is 9.47 Å². The number of halogens is 1. The number of hydrogen-bond acceptors (Lipinski definition) is 4.